The van der Waals surface area contributed by atoms with Crippen molar-refractivity contribution in [2.75, 3.05) is 0 Å². The lowest BCUT2D eigenvalue weighted by atomic mass is 10.2. The highest BCUT2D eigenvalue weighted by molar-refractivity contribution is 7.89. The molecule has 0 aliphatic carbocycles. The first-order valence-corrected chi connectivity index (χ1v) is 8.29. The summed E-state index contributed by atoms with van der Waals surface area (Å²) in [4.78, 5) is 15.8. The maximum atomic E-state index is 12.0. The Morgan fingerprint density at radius 2 is 1.58 bits per heavy atom. The van der Waals surface area contributed by atoms with Crippen LogP contribution in [0.5, 0.6) is 0 Å². The van der Waals surface area contributed by atoms with Gasteiger partial charge in [0, 0.05) is 0 Å². The smallest absolute Gasteiger partial charge is 0.338 e. The Bertz CT molecular complexity index is 855. The highest BCUT2D eigenvalue weighted by Gasteiger charge is 2.09. The van der Waals surface area contributed by atoms with Crippen LogP contribution in [0, 0.1) is 0 Å². The van der Waals surface area contributed by atoms with Gasteiger partial charge < -0.3 is 16.2 Å². The van der Waals surface area contributed by atoms with Gasteiger partial charge in [0.1, 0.15) is 6.61 Å². The molecule has 0 saturated heterocycles. The summed E-state index contributed by atoms with van der Waals surface area (Å²) in [7, 11) is -3.74. The van der Waals surface area contributed by atoms with Gasteiger partial charge in [-0.15, -0.1) is 0 Å². The van der Waals surface area contributed by atoms with Gasteiger partial charge in [0.25, 0.3) is 0 Å². The third kappa shape index (κ3) is 4.80. The molecule has 6 N–H and O–H groups in total. The van der Waals surface area contributed by atoms with E-state index in [1.54, 1.807) is 12.1 Å². The van der Waals surface area contributed by atoms with Crippen molar-refractivity contribution >= 4 is 27.6 Å². The first kappa shape index (κ1) is 17.4. The lowest BCUT2D eigenvalue weighted by Gasteiger charge is -2.06. The third-order valence-electron chi connectivity index (χ3n) is 2.98. The molecule has 0 aromatic heterocycles. The van der Waals surface area contributed by atoms with Crippen LogP contribution in [0.4, 0.5) is 5.69 Å². The molecule has 0 aliphatic rings. The Balaban J connectivity index is 1.99. The van der Waals surface area contributed by atoms with E-state index in [9.17, 15) is 13.2 Å². The number of benzene rings is 2. The van der Waals surface area contributed by atoms with Crippen molar-refractivity contribution in [3.05, 3.63) is 59.7 Å². The zero-order chi connectivity index (χ0) is 17.7. The quantitative estimate of drug-likeness (QED) is 0.409. The van der Waals surface area contributed by atoms with E-state index >= 15 is 0 Å². The lowest BCUT2D eigenvalue weighted by Crippen LogP contribution is -2.21. The molecule has 0 heterocycles. The molecule has 0 bridgehead atoms. The molecular weight excluding hydrogens is 332 g/mol. The number of nitrogens with zero attached hydrogens (tertiary/aromatic N) is 1. The van der Waals surface area contributed by atoms with E-state index in [1.807, 2.05) is 0 Å². The predicted octanol–water partition coefficient (Wildman–Crippen LogP) is 0.596. The van der Waals surface area contributed by atoms with Crippen LogP contribution < -0.4 is 16.6 Å². The van der Waals surface area contributed by atoms with E-state index in [2.05, 4.69) is 4.99 Å². The Morgan fingerprint density at radius 1 is 1.00 bits per heavy atom. The number of aliphatic imine (C=N–C) groups is 1. The van der Waals surface area contributed by atoms with Gasteiger partial charge in [-0.2, -0.15) is 0 Å². The van der Waals surface area contributed by atoms with E-state index in [1.165, 1.54) is 36.4 Å². The van der Waals surface area contributed by atoms with E-state index in [4.69, 9.17) is 21.3 Å². The fraction of sp³-hybridized carbons (Fsp3) is 0.0667. The second-order valence-corrected chi connectivity index (χ2v) is 6.41. The minimum atomic E-state index is -3.74. The van der Waals surface area contributed by atoms with Gasteiger partial charge >= 0.3 is 5.97 Å². The first-order chi connectivity index (χ1) is 11.3. The number of hydrogen-bond acceptors (Lipinski definition) is 5. The molecule has 8 nitrogen and oxygen atoms in total. The van der Waals surface area contributed by atoms with Gasteiger partial charge in [-0.3, -0.25) is 0 Å². The molecule has 0 spiro atoms. The van der Waals surface area contributed by atoms with Crippen LogP contribution in [0.1, 0.15) is 15.9 Å². The van der Waals surface area contributed by atoms with Crippen LogP contribution in [0.3, 0.4) is 0 Å². The van der Waals surface area contributed by atoms with Crippen LogP contribution in [0.2, 0.25) is 0 Å². The van der Waals surface area contributed by atoms with Crippen molar-refractivity contribution in [2.45, 2.75) is 11.5 Å². The Hall–Kier alpha value is -2.91. The number of ether oxygens (including phenoxy) is 1. The van der Waals surface area contributed by atoms with Gasteiger partial charge in [-0.25, -0.2) is 23.3 Å². The standard InChI is InChI=1S/C15H16N4O4S/c16-15(17)19-12-5-3-11(4-6-12)14(20)23-9-10-1-7-13(8-2-10)24(18,21)22/h1-8H,9H2,(H4,16,17,19)(H2,18,21,22). The molecule has 24 heavy (non-hydrogen) atoms. The fourth-order valence-corrected chi connectivity index (χ4v) is 2.34. The zero-order valence-corrected chi connectivity index (χ0v) is 13.4. The van der Waals surface area contributed by atoms with Gasteiger partial charge in [0.15, 0.2) is 5.96 Å². The van der Waals surface area contributed by atoms with E-state index in [0.29, 0.717) is 16.8 Å². The maximum Gasteiger partial charge on any atom is 0.338 e. The molecule has 0 amide bonds. The number of sulfonamides is 1. The number of carbonyl (C=O) groups excluding carboxylic acids is 1. The summed E-state index contributed by atoms with van der Waals surface area (Å²) in [6.45, 7) is -0.000610. The van der Waals surface area contributed by atoms with Gasteiger partial charge in [-0.1, -0.05) is 12.1 Å². The fourth-order valence-electron chi connectivity index (χ4n) is 1.83. The van der Waals surface area contributed by atoms with Crippen molar-refractivity contribution in [3.8, 4) is 0 Å². The number of guanidine groups is 1. The number of carbonyl (C=O) groups is 1. The average molecular weight is 348 g/mol. The normalized spacial score (nSPS) is 10.9. The van der Waals surface area contributed by atoms with Gasteiger partial charge in [-0.05, 0) is 42.0 Å². The van der Waals surface area contributed by atoms with Crippen molar-refractivity contribution < 1.29 is 17.9 Å². The molecule has 9 heteroatoms. The summed E-state index contributed by atoms with van der Waals surface area (Å²) >= 11 is 0. The Morgan fingerprint density at radius 3 is 2.08 bits per heavy atom. The maximum absolute atomic E-state index is 12.0. The highest BCUT2D eigenvalue weighted by atomic mass is 32.2. The second-order valence-electron chi connectivity index (χ2n) is 4.85. The minimum Gasteiger partial charge on any atom is -0.457 e. The van der Waals surface area contributed by atoms with Crippen LogP contribution in [0.15, 0.2) is 58.4 Å². The monoisotopic (exact) mass is 348 g/mol. The van der Waals surface area contributed by atoms with E-state index in [0.717, 1.165) is 0 Å². The molecule has 0 radical (unpaired) electrons. The van der Waals surface area contributed by atoms with Crippen LogP contribution in [-0.4, -0.2) is 20.3 Å². The number of hydrogen-bond donors (Lipinski definition) is 3. The molecule has 0 atom stereocenters. The van der Waals surface area contributed by atoms with Crippen LogP contribution in [0.25, 0.3) is 0 Å². The number of primary sulfonamides is 1. The number of esters is 1. The van der Waals surface area contributed by atoms with Crippen LogP contribution >= 0.6 is 0 Å². The second kappa shape index (κ2) is 7.11. The summed E-state index contributed by atoms with van der Waals surface area (Å²) in [5, 5.41) is 5.01. The summed E-state index contributed by atoms with van der Waals surface area (Å²) in [5.74, 6) is -0.602. The van der Waals surface area contributed by atoms with Crippen molar-refractivity contribution in [2.24, 2.45) is 21.6 Å². The molecular formula is C15H16N4O4S. The predicted molar refractivity (Wildman–Crippen MR) is 88.8 cm³/mol. The lowest BCUT2D eigenvalue weighted by molar-refractivity contribution is 0.0472. The summed E-state index contributed by atoms with van der Waals surface area (Å²) in [5.41, 5.74) is 12.0. The SMILES string of the molecule is NC(N)=Nc1ccc(C(=O)OCc2ccc(S(N)(=O)=O)cc2)cc1. The molecule has 2 aromatic rings. The van der Waals surface area contributed by atoms with Crippen molar-refractivity contribution in [1.82, 2.24) is 0 Å². The molecule has 2 rings (SSSR count). The molecule has 0 unspecified atom stereocenters. The first-order valence-electron chi connectivity index (χ1n) is 6.74. The van der Waals surface area contributed by atoms with Crippen molar-refractivity contribution in [3.63, 3.8) is 0 Å². The molecule has 0 saturated carbocycles. The topological polar surface area (TPSA) is 151 Å². The summed E-state index contributed by atoms with van der Waals surface area (Å²) in [6, 6.07) is 12.0. The van der Waals surface area contributed by atoms with E-state index in [-0.39, 0.29) is 17.5 Å². The Kier molecular flexibility index (Phi) is 5.17. The number of rotatable bonds is 5. The van der Waals surface area contributed by atoms with Gasteiger partial charge in [0.05, 0.1) is 16.1 Å². The molecule has 2 aromatic carbocycles. The summed E-state index contributed by atoms with van der Waals surface area (Å²) in [6.07, 6.45) is 0. The molecule has 0 fully saturated rings. The van der Waals surface area contributed by atoms with Gasteiger partial charge in [0.2, 0.25) is 10.0 Å². The zero-order valence-electron chi connectivity index (χ0n) is 12.5. The highest BCUT2D eigenvalue weighted by Crippen LogP contribution is 2.15. The third-order valence-corrected chi connectivity index (χ3v) is 3.91. The number of nitrogens with two attached hydrogens (primary N) is 3. The van der Waals surface area contributed by atoms with Crippen LogP contribution in [-0.2, 0) is 21.4 Å². The van der Waals surface area contributed by atoms with Crippen molar-refractivity contribution in [1.29, 1.82) is 0 Å². The van der Waals surface area contributed by atoms with E-state index < -0.39 is 16.0 Å². The Labute approximate surface area is 139 Å². The summed E-state index contributed by atoms with van der Waals surface area (Å²) < 4.78 is 27.5. The largest absolute Gasteiger partial charge is 0.457 e. The minimum absolute atomic E-state index is 0.000610. The molecule has 126 valence electrons. The average Bonchev–Trinajstić information content (AvgIpc) is 2.52. The molecule has 0 aliphatic heterocycles.